The van der Waals surface area contributed by atoms with Gasteiger partial charge in [-0.1, -0.05) is 0 Å². The normalized spacial score (nSPS) is 11.3. The average Bonchev–Trinajstić information content (AvgIpc) is 2.67. The smallest absolute Gasteiger partial charge is 0.410 e. The van der Waals surface area contributed by atoms with Crippen LogP contribution in [0.3, 0.4) is 0 Å². The van der Waals surface area contributed by atoms with Crippen molar-refractivity contribution < 1.29 is 27.1 Å². The summed E-state index contributed by atoms with van der Waals surface area (Å²) in [5.74, 6) is 0.266. The molecule has 0 aliphatic rings. The SMILES string of the molecule is CCOC(=O)N(Cc1ccco1)CC(F)(F)F. The van der Waals surface area contributed by atoms with E-state index in [4.69, 9.17) is 4.42 Å². The maximum absolute atomic E-state index is 12.3. The van der Waals surface area contributed by atoms with E-state index in [1.807, 2.05) is 0 Å². The number of alkyl halides is 3. The number of hydrogen-bond donors (Lipinski definition) is 0. The molecule has 0 fully saturated rings. The number of halogens is 3. The molecule has 1 amide bonds. The molecule has 0 aliphatic heterocycles. The molecular weight excluding hydrogens is 239 g/mol. The van der Waals surface area contributed by atoms with Gasteiger partial charge in [0, 0.05) is 0 Å². The zero-order chi connectivity index (χ0) is 12.9. The van der Waals surface area contributed by atoms with Crippen molar-refractivity contribution in [2.75, 3.05) is 13.2 Å². The molecule has 0 N–H and O–H groups in total. The molecule has 7 heteroatoms. The van der Waals surface area contributed by atoms with Crippen LogP contribution in [0, 0.1) is 0 Å². The van der Waals surface area contributed by atoms with Crippen molar-refractivity contribution in [3.63, 3.8) is 0 Å². The topological polar surface area (TPSA) is 42.7 Å². The molecule has 1 aromatic rings. The average molecular weight is 251 g/mol. The molecule has 0 aliphatic carbocycles. The van der Waals surface area contributed by atoms with Crippen molar-refractivity contribution in [1.29, 1.82) is 0 Å². The molecule has 0 spiro atoms. The number of hydrogen-bond acceptors (Lipinski definition) is 3. The Labute approximate surface area is 95.9 Å². The first-order chi connectivity index (χ1) is 7.92. The summed E-state index contributed by atoms with van der Waals surface area (Å²) in [6, 6.07) is 3.02. The third-order valence-corrected chi connectivity index (χ3v) is 1.82. The lowest BCUT2D eigenvalue weighted by atomic mass is 10.4. The second-order valence-corrected chi connectivity index (χ2v) is 3.25. The number of rotatable bonds is 4. The lowest BCUT2D eigenvalue weighted by Crippen LogP contribution is -2.38. The highest BCUT2D eigenvalue weighted by Crippen LogP contribution is 2.19. The van der Waals surface area contributed by atoms with Gasteiger partial charge in [-0.25, -0.2) is 4.79 Å². The van der Waals surface area contributed by atoms with Crippen LogP contribution >= 0.6 is 0 Å². The minimum absolute atomic E-state index is 0.0192. The van der Waals surface area contributed by atoms with E-state index in [2.05, 4.69) is 4.74 Å². The van der Waals surface area contributed by atoms with Crippen molar-refractivity contribution in [3.05, 3.63) is 24.2 Å². The Bertz CT molecular complexity index is 348. The van der Waals surface area contributed by atoms with E-state index >= 15 is 0 Å². The standard InChI is InChI=1S/C10H12F3NO3/c1-2-16-9(15)14(7-10(11,12)13)6-8-4-3-5-17-8/h3-5H,2,6-7H2,1H3. The first kappa shape index (κ1) is 13.4. The van der Waals surface area contributed by atoms with Crippen LogP contribution in [0.4, 0.5) is 18.0 Å². The maximum atomic E-state index is 12.3. The van der Waals surface area contributed by atoms with Gasteiger partial charge >= 0.3 is 12.3 Å². The number of nitrogens with zero attached hydrogens (tertiary/aromatic N) is 1. The van der Waals surface area contributed by atoms with Gasteiger partial charge in [0.1, 0.15) is 12.3 Å². The summed E-state index contributed by atoms with van der Waals surface area (Å²) in [6.07, 6.45) is -4.16. The van der Waals surface area contributed by atoms with Gasteiger partial charge in [-0.3, -0.25) is 4.90 Å². The minimum atomic E-state index is -4.47. The summed E-state index contributed by atoms with van der Waals surface area (Å²) in [7, 11) is 0. The first-order valence-electron chi connectivity index (χ1n) is 4.93. The highest BCUT2D eigenvalue weighted by Gasteiger charge is 2.34. The van der Waals surface area contributed by atoms with Crippen LogP contribution in [-0.4, -0.2) is 30.3 Å². The summed E-state index contributed by atoms with van der Waals surface area (Å²) in [5.41, 5.74) is 0. The van der Waals surface area contributed by atoms with Crippen LogP contribution in [-0.2, 0) is 11.3 Å². The second kappa shape index (κ2) is 5.60. The van der Waals surface area contributed by atoms with Crippen molar-refractivity contribution in [2.45, 2.75) is 19.6 Å². The van der Waals surface area contributed by atoms with Gasteiger partial charge < -0.3 is 9.15 Å². The predicted molar refractivity (Wildman–Crippen MR) is 52.2 cm³/mol. The lowest BCUT2D eigenvalue weighted by Gasteiger charge is -2.21. The van der Waals surface area contributed by atoms with E-state index in [-0.39, 0.29) is 18.9 Å². The molecule has 1 heterocycles. The molecular formula is C10H12F3NO3. The summed E-state index contributed by atoms with van der Waals surface area (Å²) in [6.45, 7) is -0.0974. The van der Waals surface area contributed by atoms with E-state index in [9.17, 15) is 18.0 Å². The summed E-state index contributed by atoms with van der Waals surface area (Å²) >= 11 is 0. The predicted octanol–water partition coefficient (Wildman–Crippen LogP) is 2.80. The Morgan fingerprint density at radius 2 is 2.24 bits per heavy atom. The van der Waals surface area contributed by atoms with Gasteiger partial charge in [-0.05, 0) is 19.1 Å². The van der Waals surface area contributed by atoms with E-state index in [0.29, 0.717) is 4.90 Å². The molecule has 1 rings (SSSR count). The van der Waals surface area contributed by atoms with Crippen LogP contribution in [0.5, 0.6) is 0 Å². The van der Waals surface area contributed by atoms with E-state index in [1.54, 1.807) is 0 Å². The van der Waals surface area contributed by atoms with E-state index < -0.39 is 18.8 Å². The van der Waals surface area contributed by atoms with E-state index in [1.165, 1.54) is 25.3 Å². The Morgan fingerprint density at radius 3 is 2.71 bits per heavy atom. The Hall–Kier alpha value is -1.66. The Morgan fingerprint density at radius 1 is 1.53 bits per heavy atom. The third-order valence-electron chi connectivity index (χ3n) is 1.82. The van der Waals surface area contributed by atoms with Crippen LogP contribution in [0.25, 0.3) is 0 Å². The number of ether oxygens (including phenoxy) is 1. The van der Waals surface area contributed by atoms with Gasteiger partial charge in [0.25, 0.3) is 0 Å². The molecule has 0 aromatic carbocycles. The molecule has 17 heavy (non-hydrogen) atoms. The molecule has 0 unspecified atom stereocenters. The van der Waals surface area contributed by atoms with Crippen molar-refractivity contribution in [2.24, 2.45) is 0 Å². The largest absolute Gasteiger partial charge is 0.467 e. The minimum Gasteiger partial charge on any atom is -0.467 e. The number of amides is 1. The van der Waals surface area contributed by atoms with E-state index in [0.717, 1.165) is 0 Å². The van der Waals surface area contributed by atoms with Gasteiger partial charge in [0.2, 0.25) is 0 Å². The molecule has 96 valence electrons. The van der Waals surface area contributed by atoms with Crippen molar-refractivity contribution in [1.82, 2.24) is 4.90 Å². The Balaban J connectivity index is 2.68. The highest BCUT2D eigenvalue weighted by atomic mass is 19.4. The lowest BCUT2D eigenvalue weighted by molar-refractivity contribution is -0.144. The zero-order valence-electron chi connectivity index (χ0n) is 9.16. The molecule has 4 nitrogen and oxygen atoms in total. The molecule has 0 atom stereocenters. The maximum Gasteiger partial charge on any atom is 0.410 e. The van der Waals surface area contributed by atoms with Crippen molar-refractivity contribution >= 4 is 6.09 Å². The van der Waals surface area contributed by atoms with Crippen LogP contribution in [0.2, 0.25) is 0 Å². The number of carbonyl (C=O) groups is 1. The molecule has 0 radical (unpaired) electrons. The van der Waals surface area contributed by atoms with Gasteiger partial charge in [0.05, 0.1) is 19.4 Å². The highest BCUT2D eigenvalue weighted by molar-refractivity contribution is 5.67. The fraction of sp³-hybridized carbons (Fsp3) is 0.500. The van der Waals surface area contributed by atoms with Gasteiger partial charge in [-0.15, -0.1) is 0 Å². The van der Waals surface area contributed by atoms with Gasteiger partial charge in [0.15, 0.2) is 0 Å². The number of furan rings is 1. The molecule has 0 saturated carbocycles. The molecule has 0 saturated heterocycles. The fourth-order valence-corrected chi connectivity index (χ4v) is 1.21. The molecule has 0 bridgehead atoms. The third kappa shape index (κ3) is 4.80. The van der Waals surface area contributed by atoms with Gasteiger partial charge in [-0.2, -0.15) is 13.2 Å². The second-order valence-electron chi connectivity index (χ2n) is 3.25. The van der Waals surface area contributed by atoms with Crippen LogP contribution < -0.4 is 0 Å². The monoisotopic (exact) mass is 251 g/mol. The van der Waals surface area contributed by atoms with Crippen LogP contribution in [0.1, 0.15) is 12.7 Å². The van der Waals surface area contributed by atoms with Crippen molar-refractivity contribution in [3.8, 4) is 0 Å². The molecule has 1 aromatic heterocycles. The van der Waals surface area contributed by atoms with Crippen LogP contribution in [0.15, 0.2) is 22.8 Å². The first-order valence-corrected chi connectivity index (χ1v) is 4.93. The Kier molecular flexibility index (Phi) is 4.42. The quantitative estimate of drug-likeness (QED) is 0.826. The summed E-state index contributed by atoms with van der Waals surface area (Å²) in [4.78, 5) is 11.9. The fourth-order valence-electron chi connectivity index (χ4n) is 1.21. The summed E-state index contributed by atoms with van der Waals surface area (Å²) in [5, 5.41) is 0. The zero-order valence-corrected chi connectivity index (χ0v) is 9.16. The number of carbonyl (C=O) groups excluding carboxylic acids is 1. The summed E-state index contributed by atoms with van der Waals surface area (Å²) < 4.78 is 46.2.